The highest BCUT2D eigenvalue weighted by Crippen LogP contribution is 2.28. The van der Waals surface area contributed by atoms with E-state index in [1.807, 2.05) is 33.8 Å². The van der Waals surface area contributed by atoms with E-state index in [1.54, 1.807) is 18.5 Å². The second-order valence-corrected chi connectivity index (χ2v) is 4.02. The first-order chi connectivity index (χ1) is 8.65. The number of rotatable bonds is 1. The fraction of sp³-hybridized carbons (Fsp3) is 0.333. The lowest BCUT2D eigenvalue weighted by Crippen LogP contribution is -1.95. The normalized spacial score (nSPS) is 9.83. The quantitative estimate of drug-likeness (QED) is 0.745. The van der Waals surface area contributed by atoms with Crippen LogP contribution < -0.4 is 0 Å². The highest BCUT2D eigenvalue weighted by atomic mass is 19.1. The van der Waals surface area contributed by atoms with Crippen molar-refractivity contribution in [1.82, 2.24) is 4.98 Å². The number of benzene rings is 1. The molecule has 2 nitrogen and oxygen atoms in total. The summed E-state index contributed by atoms with van der Waals surface area (Å²) >= 11 is 0. The number of halogens is 1. The van der Waals surface area contributed by atoms with E-state index in [0.29, 0.717) is 5.39 Å². The van der Waals surface area contributed by atoms with Gasteiger partial charge < -0.3 is 0 Å². The van der Waals surface area contributed by atoms with Gasteiger partial charge in [0.25, 0.3) is 0 Å². The smallest absolute Gasteiger partial charge is 0.141 e. The summed E-state index contributed by atoms with van der Waals surface area (Å²) in [7, 11) is 0. The van der Waals surface area contributed by atoms with Crippen molar-refractivity contribution in [3.8, 4) is 6.07 Å². The first kappa shape index (κ1) is 14.1. The number of hydrogen-bond acceptors (Lipinski definition) is 2. The summed E-state index contributed by atoms with van der Waals surface area (Å²) in [6.45, 7) is 8.00. The van der Waals surface area contributed by atoms with Gasteiger partial charge in [-0.05, 0) is 23.6 Å². The third-order valence-corrected chi connectivity index (χ3v) is 2.64. The van der Waals surface area contributed by atoms with E-state index in [-0.39, 0.29) is 11.5 Å². The van der Waals surface area contributed by atoms with E-state index >= 15 is 0 Å². The van der Waals surface area contributed by atoms with E-state index in [4.69, 9.17) is 5.26 Å². The van der Waals surface area contributed by atoms with Gasteiger partial charge in [-0.3, -0.25) is 4.98 Å². The van der Waals surface area contributed by atoms with Gasteiger partial charge in [-0.2, -0.15) is 5.26 Å². The molecule has 0 aliphatic carbocycles. The Hall–Kier alpha value is -1.95. The van der Waals surface area contributed by atoms with E-state index in [1.165, 1.54) is 6.07 Å². The first-order valence-corrected chi connectivity index (χ1v) is 6.11. The molecular formula is C15H17FN2. The number of nitrogens with zero attached hydrogens (tertiary/aromatic N) is 2. The van der Waals surface area contributed by atoms with Crippen molar-refractivity contribution in [2.45, 2.75) is 33.6 Å². The van der Waals surface area contributed by atoms with Crippen LogP contribution in [0.1, 0.15) is 44.7 Å². The van der Waals surface area contributed by atoms with E-state index in [9.17, 15) is 4.39 Å². The van der Waals surface area contributed by atoms with Gasteiger partial charge in [0.1, 0.15) is 11.9 Å². The summed E-state index contributed by atoms with van der Waals surface area (Å²) in [4.78, 5) is 4.11. The van der Waals surface area contributed by atoms with Crippen molar-refractivity contribution < 1.29 is 4.39 Å². The van der Waals surface area contributed by atoms with Gasteiger partial charge in [0.05, 0.1) is 5.56 Å². The monoisotopic (exact) mass is 244 g/mol. The minimum absolute atomic E-state index is 0.114. The van der Waals surface area contributed by atoms with Crippen LogP contribution in [0.25, 0.3) is 10.8 Å². The van der Waals surface area contributed by atoms with Crippen molar-refractivity contribution in [1.29, 1.82) is 5.26 Å². The molecule has 1 aromatic heterocycles. The van der Waals surface area contributed by atoms with Gasteiger partial charge in [-0.25, -0.2) is 4.39 Å². The average Bonchev–Trinajstić information content (AvgIpc) is 2.40. The molecule has 94 valence electrons. The molecule has 0 spiro atoms. The fourth-order valence-electron chi connectivity index (χ4n) is 1.82. The molecule has 0 saturated heterocycles. The van der Waals surface area contributed by atoms with Crippen LogP contribution in [-0.2, 0) is 0 Å². The van der Waals surface area contributed by atoms with Crippen molar-refractivity contribution in [2.75, 3.05) is 0 Å². The van der Waals surface area contributed by atoms with Crippen molar-refractivity contribution in [3.63, 3.8) is 0 Å². The van der Waals surface area contributed by atoms with Crippen LogP contribution in [0.15, 0.2) is 24.5 Å². The number of nitriles is 1. The summed E-state index contributed by atoms with van der Waals surface area (Å²) in [5.41, 5.74) is 1.03. The second-order valence-electron chi connectivity index (χ2n) is 4.02. The van der Waals surface area contributed by atoms with Crippen LogP contribution in [0.2, 0.25) is 0 Å². The number of aromatic nitrogens is 1. The molecule has 0 bridgehead atoms. The number of pyridine rings is 1. The Kier molecular flexibility index (Phi) is 4.79. The maximum Gasteiger partial charge on any atom is 0.141 e. The lowest BCUT2D eigenvalue weighted by molar-refractivity contribution is 0.625. The highest BCUT2D eigenvalue weighted by Gasteiger charge is 2.13. The van der Waals surface area contributed by atoms with Crippen LogP contribution in [-0.4, -0.2) is 4.98 Å². The molecule has 0 aliphatic heterocycles. The lowest BCUT2D eigenvalue weighted by Gasteiger charge is -2.10. The SMILES string of the molecule is CC.CC(C)c1cncc2ccc(F)c(C#N)c12. The van der Waals surface area contributed by atoms with Crippen LogP contribution in [0, 0.1) is 17.1 Å². The zero-order chi connectivity index (χ0) is 13.7. The average molecular weight is 244 g/mol. The molecule has 2 aromatic rings. The predicted molar refractivity (Wildman–Crippen MR) is 71.9 cm³/mol. The second kappa shape index (κ2) is 6.11. The van der Waals surface area contributed by atoms with Gasteiger partial charge in [0.2, 0.25) is 0 Å². The van der Waals surface area contributed by atoms with E-state index in [0.717, 1.165) is 10.9 Å². The first-order valence-electron chi connectivity index (χ1n) is 6.11. The Bertz CT molecular complexity index is 583. The standard InChI is InChI=1S/C13H11FN2.C2H6/c1-8(2)11-7-16-6-9-3-4-12(14)10(5-15)13(9)11;1-2/h3-4,6-8H,1-2H3;1-2H3. The minimum Gasteiger partial charge on any atom is -0.264 e. The summed E-state index contributed by atoms with van der Waals surface area (Å²) in [5.74, 6) is -0.256. The zero-order valence-electron chi connectivity index (χ0n) is 11.2. The number of fused-ring (bicyclic) bond motifs is 1. The van der Waals surface area contributed by atoms with Crippen LogP contribution in [0.4, 0.5) is 4.39 Å². The van der Waals surface area contributed by atoms with Crippen LogP contribution >= 0.6 is 0 Å². The molecule has 0 atom stereocenters. The molecule has 0 aliphatic rings. The van der Waals surface area contributed by atoms with Crippen molar-refractivity contribution in [3.05, 3.63) is 41.5 Å². The van der Waals surface area contributed by atoms with Gasteiger partial charge in [-0.1, -0.05) is 27.7 Å². The topological polar surface area (TPSA) is 36.7 Å². The third-order valence-electron chi connectivity index (χ3n) is 2.64. The maximum absolute atomic E-state index is 13.5. The molecule has 1 heterocycles. The minimum atomic E-state index is -0.469. The van der Waals surface area contributed by atoms with Crippen LogP contribution in [0.3, 0.4) is 0 Å². The van der Waals surface area contributed by atoms with Crippen LogP contribution in [0.5, 0.6) is 0 Å². The van der Waals surface area contributed by atoms with E-state index < -0.39 is 5.82 Å². The molecule has 0 radical (unpaired) electrons. The molecule has 18 heavy (non-hydrogen) atoms. The third kappa shape index (κ3) is 2.48. The molecule has 0 fully saturated rings. The van der Waals surface area contributed by atoms with Gasteiger partial charge >= 0.3 is 0 Å². The summed E-state index contributed by atoms with van der Waals surface area (Å²) in [6.07, 6.45) is 3.36. The lowest BCUT2D eigenvalue weighted by atomic mass is 9.95. The molecule has 0 unspecified atom stereocenters. The Morgan fingerprint density at radius 2 is 1.89 bits per heavy atom. The number of hydrogen-bond donors (Lipinski definition) is 0. The largest absolute Gasteiger partial charge is 0.264 e. The molecule has 0 N–H and O–H groups in total. The van der Waals surface area contributed by atoms with Gasteiger partial charge in [-0.15, -0.1) is 0 Å². The maximum atomic E-state index is 13.5. The van der Waals surface area contributed by atoms with Gasteiger partial charge in [0, 0.05) is 23.2 Å². The van der Waals surface area contributed by atoms with E-state index in [2.05, 4.69) is 4.98 Å². The summed E-state index contributed by atoms with van der Waals surface area (Å²) < 4.78 is 13.5. The molecule has 2 rings (SSSR count). The predicted octanol–water partition coefficient (Wildman–Crippen LogP) is 4.40. The Labute approximate surface area is 107 Å². The molecule has 1 aromatic carbocycles. The van der Waals surface area contributed by atoms with Crippen molar-refractivity contribution >= 4 is 10.8 Å². The highest BCUT2D eigenvalue weighted by molar-refractivity contribution is 5.90. The Balaban J connectivity index is 0.000000771. The fourth-order valence-corrected chi connectivity index (χ4v) is 1.82. The summed E-state index contributed by atoms with van der Waals surface area (Å²) in [5, 5.41) is 10.5. The summed E-state index contributed by atoms with van der Waals surface area (Å²) in [6, 6.07) is 4.90. The zero-order valence-corrected chi connectivity index (χ0v) is 11.2. The molecule has 0 amide bonds. The molecule has 3 heteroatoms. The van der Waals surface area contributed by atoms with Gasteiger partial charge in [0.15, 0.2) is 0 Å². The Morgan fingerprint density at radius 1 is 1.22 bits per heavy atom. The van der Waals surface area contributed by atoms with Crippen molar-refractivity contribution in [2.24, 2.45) is 0 Å². The molecule has 0 saturated carbocycles. The Morgan fingerprint density at radius 3 is 2.44 bits per heavy atom. The molecular weight excluding hydrogens is 227 g/mol.